The lowest BCUT2D eigenvalue weighted by Gasteiger charge is -2.45. The first kappa shape index (κ1) is 52.0. The van der Waals surface area contributed by atoms with Crippen LogP contribution in [0.15, 0.2) is 303 Å². The minimum Gasteiger partial charge on any atom is -0.412 e. The van der Waals surface area contributed by atoms with Gasteiger partial charge in [-0.2, -0.15) is 0 Å². The Balaban J connectivity index is 0.000000159. The molecular weight excluding hydrogens is 985 g/mol. The van der Waals surface area contributed by atoms with Crippen molar-refractivity contribution >= 4 is 21.5 Å². The van der Waals surface area contributed by atoms with Crippen molar-refractivity contribution in [2.45, 2.75) is 25.0 Å². The van der Waals surface area contributed by atoms with E-state index in [4.69, 9.17) is 0 Å². The molecule has 4 N–H and O–H groups in total. The molecule has 0 amide bonds. The zero-order chi connectivity index (χ0) is 54.2. The highest BCUT2D eigenvalue weighted by atomic mass is 16.3. The summed E-state index contributed by atoms with van der Waals surface area (Å²) in [5.74, 6) is 0. The molecule has 3 heteroatoms. The van der Waals surface area contributed by atoms with Gasteiger partial charge < -0.3 is 15.7 Å². The second-order valence-corrected chi connectivity index (χ2v) is 21.1. The van der Waals surface area contributed by atoms with Crippen molar-refractivity contribution in [3.05, 3.63) is 348 Å². The van der Waals surface area contributed by atoms with Gasteiger partial charge in [0.05, 0.1) is 0 Å². The van der Waals surface area contributed by atoms with Crippen LogP contribution >= 0.6 is 0 Å². The van der Waals surface area contributed by atoms with Crippen LogP contribution in [0.2, 0.25) is 0 Å². The summed E-state index contributed by atoms with van der Waals surface area (Å²) in [6.45, 7) is 4.21. The average molecular weight is 1050 g/mol. The molecule has 1 aliphatic rings. The molecule has 0 aromatic heterocycles. The molecule has 0 saturated heterocycles. The van der Waals surface area contributed by atoms with E-state index in [1.54, 1.807) is 0 Å². The minimum atomic E-state index is -1.44. The molecule has 81 heavy (non-hydrogen) atoms. The molecule has 0 fully saturated rings. The Kier molecular flexibility index (Phi) is 14.0. The summed E-state index contributed by atoms with van der Waals surface area (Å²) < 4.78 is 0. The van der Waals surface area contributed by atoms with Crippen LogP contribution < -0.4 is 0 Å². The van der Waals surface area contributed by atoms with Gasteiger partial charge in [0.2, 0.25) is 0 Å². The van der Waals surface area contributed by atoms with Crippen molar-refractivity contribution in [1.82, 2.24) is 0 Å². The molecule has 1 aliphatic carbocycles. The number of aryl methyl sites for hydroxylation is 2. The van der Waals surface area contributed by atoms with Gasteiger partial charge in [0.25, 0.3) is 0 Å². The van der Waals surface area contributed by atoms with Gasteiger partial charge in [0.1, 0.15) is 11.2 Å². The van der Waals surface area contributed by atoms with E-state index in [0.29, 0.717) is 22.3 Å². The van der Waals surface area contributed by atoms with Crippen LogP contribution in [-0.2, 0) is 11.2 Å². The van der Waals surface area contributed by atoms with E-state index in [0.717, 1.165) is 38.9 Å². The summed E-state index contributed by atoms with van der Waals surface area (Å²) in [5, 5.41) is 30.7. The number of hydrogen-bond donors (Lipinski definition) is 2. The monoisotopic (exact) mass is 1040 g/mol. The molecule has 13 aromatic rings. The number of benzene rings is 13. The first-order valence-corrected chi connectivity index (χ1v) is 27.5. The predicted molar refractivity (Wildman–Crippen MR) is 337 cm³/mol. The van der Waals surface area contributed by atoms with E-state index in [1.165, 1.54) is 71.6 Å². The van der Waals surface area contributed by atoms with E-state index in [-0.39, 0.29) is 5.48 Å². The fourth-order valence-corrected chi connectivity index (χ4v) is 12.2. The number of rotatable bonds is 8. The molecule has 0 saturated carbocycles. The van der Waals surface area contributed by atoms with Crippen LogP contribution in [0.25, 0.3) is 88.3 Å². The van der Waals surface area contributed by atoms with Gasteiger partial charge in [0.15, 0.2) is 0 Å². The standard InChI is InChI=1S/C39H30O2.C39H28.H2O/c1-27-16-25-36-37(26-27)39(41,33-23-19-31(20-24-33)29-12-6-3-7-13-29)35-15-9-8-14-34(35)38(36,40)32-21-17-30(18-22-32)28-10-4-2-5-11-28;1-27-16-25-36-37(26-27)39(33-23-19-31(20-24-33)29-12-6-3-7-13-29)35-15-9-8-14-34(35)38(36)32-21-17-30(18-22-32)28-10-4-2-5-11-28;/h2-26,40-41H,1H3;2-26H,1H3;1H2. The zero-order valence-electron chi connectivity index (χ0n) is 45.3. The Hall–Kier alpha value is -9.74. The molecular formula is C78H60O3. The number of aliphatic hydroxyl groups is 2. The third kappa shape index (κ3) is 9.44. The first-order chi connectivity index (χ1) is 39.3. The SMILES string of the molecule is Cc1ccc2c(-c3ccc(-c4ccccc4)cc3)c3ccccc3c(-c3ccc(-c4ccccc4)cc3)c2c1.Cc1ccc2c(c1)C(O)(c1ccc(-c3ccccc3)cc1)c1ccccc1C2(O)c1ccc(-c2ccccc2)cc1.O. The molecule has 390 valence electrons. The van der Waals surface area contributed by atoms with Gasteiger partial charge >= 0.3 is 0 Å². The van der Waals surface area contributed by atoms with Gasteiger partial charge in [-0.05, 0) is 136 Å². The lowest BCUT2D eigenvalue weighted by Crippen LogP contribution is -2.44. The molecule has 14 rings (SSSR count). The van der Waals surface area contributed by atoms with Crippen LogP contribution in [0, 0.1) is 13.8 Å². The minimum absolute atomic E-state index is 0. The van der Waals surface area contributed by atoms with E-state index < -0.39 is 11.2 Å². The predicted octanol–water partition coefficient (Wildman–Crippen LogP) is 18.4. The highest BCUT2D eigenvalue weighted by Gasteiger charge is 2.51. The van der Waals surface area contributed by atoms with Crippen molar-refractivity contribution in [3.63, 3.8) is 0 Å². The summed E-state index contributed by atoms with van der Waals surface area (Å²) in [4.78, 5) is 0. The molecule has 0 radical (unpaired) electrons. The lowest BCUT2D eigenvalue weighted by molar-refractivity contribution is 0.0747. The fourth-order valence-electron chi connectivity index (χ4n) is 12.2. The molecule has 0 spiro atoms. The summed E-state index contributed by atoms with van der Waals surface area (Å²) in [7, 11) is 0. The normalized spacial score (nSPS) is 15.2. The Labute approximate surface area is 474 Å². The van der Waals surface area contributed by atoms with Gasteiger partial charge in [-0.3, -0.25) is 0 Å². The maximum atomic E-state index is 12.8. The molecule has 0 aliphatic heterocycles. The van der Waals surface area contributed by atoms with Crippen LogP contribution in [0.3, 0.4) is 0 Å². The lowest BCUT2D eigenvalue weighted by atomic mass is 9.63. The molecule has 0 bridgehead atoms. The maximum absolute atomic E-state index is 12.8. The Bertz CT molecular complexity index is 4330. The number of hydrogen-bond acceptors (Lipinski definition) is 2. The third-order valence-electron chi connectivity index (χ3n) is 16.2. The van der Waals surface area contributed by atoms with Crippen LogP contribution in [0.5, 0.6) is 0 Å². The molecule has 2 unspecified atom stereocenters. The Morgan fingerprint density at radius 2 is 0.494 bits per heavy atom. The van der Waals surface area contributed by atoms with Crippen LogP contribution in [-0.4, -0.2) is 15.7 Å². The van der Waals surface area contributed by atoms with Gasteiger partial charge in [-0.25, -0.2) is 0 Å². The van der Waals surface area contributed by atoms with Gasteiger partial charge in [-0.1, -0.05) is 314 Å². The van der Waals surface area contributed by atoms with Crippen molar-refractivity contribution in [3.8, 4) is 66.8 Å². The van der Waals surface area contributed by atoms with Gasteiger partial charge in [-0.15, -0.1) is 0 Å². The molecule has 3 nitrogen and oxygen atoms in total. The largest absolute Gasteiger partial charge is 0.412 e. The molecule has 13 aromatic carbocycles. The van der Waals surface area contributed by atoms with E-state index in [2.05, 4.69) is 207 Å². The van der Waals surface area contributed by atoms with E-state index >= 15 is 0 Å². The Morgan fingerprint density at radius 1 is 0.222 bits per heavy atom. The molecule has 2 atom stereocenters. The van der Waals surface area contributed by atoms with Crippen LogP contribution in [0.4, 0.5) is 0 Å². The van der Waals surface area contributed by atoms with Crippen molar-refractivity contribution in [1.29, 1.82) is 0 Å². The summed E-state index contributed by atoms with van der Waals surface area (Å²) in [6.07, 6.45) is 0. The quantitative estimate of drug-likeness (QED) is 0.149. The highest BCUT2D eigenvalue weighted by Crippen LogP contribution is 2.54. The average Bonchev–Trinajstić information content (AvgIpc) is 3.65. The van der Waals surface area contributed by atoms with Gasteiger partial charge in [0, 0.05) is 0 Å². The summed E-state index contributed by atoms with van der Waals surface area (Å²) >= 11 is 0. The number of fused-ring (bicyclic) bond motifs is 4. The summed E-state index contributed by atoms with van der Waals surface area (Å²) in [6, 6.07) is 105. The Morgan fingerprint density at radius 3 is 0.901 bits per heavy atom. The van der Waals surface area contributed by atoms with Crippen molar-refractivity contribution in [2.24, 2.45) is 0 Å². The van der Waals surface area contributed by atoms with E-state index in [1.807, 2.05) is 110 Å². The maximum Gasteiger partial charge on any atom is 0.141 e. The molecule has 0 heterocycles. The fraction of sp³-hybridized carbons (Fsp3) is 0.0513. The highest BCUT2D eigenvalue weighted by molar-refractivity contribution is 6.21. The third-order valence-corrected chi connectivity index (χ3v) is 16.2. The second kappa shape index (κ2) is 21.8. The van der Waals surface area contributed by atoms with Crippen LogP contribution in [0.1, 0.15) is 44.5 Å². The second-order valence-electron chi connectivity index (χ2n) is 21.1. The van der Waals surface area contributed by atoms with Crippen molar-refractivity contribution in [2.75, 3.05) is 0 Å². The summed E-state index contributed by atoms with van der Waals surface area (Å²) in [5.41, 5.74) is 18.1. The van der Waals surface area contributed by atoms with E-state index in [9.17, 15) is 10.2 Å². The zero-order valence-corrected chi connectivity index (χ0v) is 45.3. The topological polar surface area (TPSA) is 72.0 Å². The first-order valence-electron chi connectivity index (χ1n) is 27.5. The van der Waals surface area contributed by atoms with Crippen molar-refractivity contribution < 1.29 is 15.7 Å². The smallest absolute Gasteiger partial charge is 0.141 e.